The Morgan fingerprint density at radius 2 is 0.984 bits per heavy atom. The lowest BCUT2D eigenvalue weighted by atomic mass is 9.81. The quantitative estimate of drug-likeness (QED) is 0.167. The molecule has 288 valence electrons. The van der Waals surface area contributed by atoms with Crippen molar-refractivity contribution in [3.8, 4) is 44.5 Å². The van der Waals surface area contributed by atoms with Crippen LogP contribution in [0, 0.1) is 0 Å². The second kappa shape index (κ2) is 13.7. The van der Waals surface area contributed by atoms with Gasteiger partial charge in [0.2, 0.25) is 0 Å². The molecule has 1 heterocycles. The Balaban J connectivity index is 1.05. The molecule has 1 aromatic heterocycles. The number of hydrogen-bond acceptors (Lipinski definition) is 2. The lowest BCUT2D eigenvalue weighted by Gasteiger charge is -2.31. The Bertz CT molecular complexity index is 3520. The molecule has 2 heteroatoms. The zero-order valence-corrected chi connectivity index (χ0v) is 34.1. The van der Waals surface area contributed by atoms with Crippen molar-refractivity contribution in [2.24, 2.45) is 0 Å². The average Bonchev–Trinajstić information content (AvgIpc) is 3.81. The minimum atomic E-state index is -0.234. The predicted molar refractivity (Wildman–Crippen MR) is 257 cm³/mol. The van der Waals surface area contributed by atoms with E-state index in [0.717, 1.165) is 55.5 Å². The smallest absolute Gasteiger partial charge is 0.143 e. The zero-order valence-electron chi connectivity index (χ0n) is 34.1. The molecule has 0 N–H and O–H groups in total. The summed E-state index contributed by atoms with van der Waals surface area (Å²) in [6, 6.07) is 77.5. The fourth-order valence-corrected chi connectivity index (χ4v) is 10.0. The highest BCUT2D eigenvalue weighted by molar-refractivity contribution is 6.20. The van der Waals surface area contributed by atoms with Gasteiger partial charge in [0, 0.05) is 38.4 Å². The van der Waals surface area contributed by atoms with Gasteiger partial charge in [0.1, 0.15) is 11.2 Å². The fraction of sp³-hybridized carbons (Fsp3) is 0.0508. The summed E-state index contributed by atoms with van der Waals surface area (Å²) >= 11 is 0. The van der Waals surface area contributed by atoms with Gasteiger partial charge in [-0.05, 0) is 109 Å². The third-order valence-electron chi connectivity index (χ3n) is 13.1. The number of hydrogen-bond donors (Lipinski definition) is 0. The van der Waals surface area contributed by atoms with Gasteiger partial charge < -0.3 is 9.32 Å². The molecule has 0 spiro atoms. The monoisotopic (exact) mass is 779 g/mol. The highest BCUT2D eigenvalue weighted by Crippen LogP contribution is 2.53. The highest BCUT2D eigenvalue weighted by Gasteiger charge is 2.37. The van der Waals surface area contributed by atoms with Crippen molar-refractivity contribution in [1.82, 2.24) is 0 Å². The summed E-state index contributed by atoms with van der Waals surface area (Å²) < 4.78 is 6.72. The Kier molecular flexibility index (Phi) is 7.92. The molecule has 12 rings (SSSR count). The Hall–Kier alpha value is -7.68. The van der Waals surface area contributed by atoms with Gasteiger partial charge >= 0.3 is 0 Å². The number of fused-ring (bicyclic) bond motifs is 9. The summed E-state index contributed by atoms with van der Waals surface area (Å²) in [5.41, 5.74) is 17.3. The molecule has 11 aromatic rings. The van der Waals surface area contributed by atoms with E-state index >= 15 is 0 Å². The molecule has 1 aliphatic rings. The second-order valence-corrected chi connectivity index (χ2v) is 16.9. The first kappa shape index (κ1) is 35.3. The summed E-state index contributed by atoms with van der Waals surface area (Å²) in [6.45, 7) is 4.77. The topological polar surface area (TPSA) is 16.4 Å². The van der Waals surface area contributed by atoms with Gasteiger partial charge in [-0.2, -0.15) is 0 Å². The van der Waals surface area contributed by atoms with Crippen molar-refractivity contribution in [1.29, 1.82) is 0 Å². The van der Waals surface area contributed by atoms with Crippen LogP contribution in [-0.2, 0) is 5.41 Å². The van der Waals surface area contributed by atoms with E-state index in [9.17, 15) is 0 Å². The van der Waals surface area contributed by atoms with Crippen LogP contribution in [0.2, 0.25) is 0 Å². The van der Waals surface area contributed by atoms with Crippen LogP contribution in [0.5, 0.6) is 0 Å². The highest BCUT2D eigenvalue weighted by atomic mass is 16.3. The number of rotatable bonds is 6. The maximum Gasteiger partial charge on any atom is 0.143 e. The van der Waals surface area contributed by atoms with E-state index in [1.54, 1.807) is 0 Å². The van der Waals surface area contributed by atoms with Crippen LogP contribution in [0.15, 0.2) is 217 Å². The lowest BCUT2D eigenvalue weighted by molar-refractivity contribution is 0.660. The normalized spacial score (nSPS) is 12.9. The Labute approximate surface area is 355 Å². The number of para-hydroxylation sites is 2. The molecule has 0 bridgehead atoms. The van der Waals surface area contributed by atoms with Gasteiger partial charge in [-0.15, -0.1) is 0 Å². The maximum absolute atomic E-state index is 6.72. The van der Waals surface area contributed by atoms with Crippen molar-refractivity contribution in [3.05, 3.63) is 223 Å². The first-order valence-corrected chi connectivity index (χ1v) is 21.2. The molecule has 0 atom stereocenters. The van der Waals surface area contributed by atoms with Crippen LogP contribution in [0.25, 0.3) is 88.0 Å². The van der Waals surface area contributed by atoms with Gasteiger partial charge in [0.05, 0.1) is 11.4 Å². The molecule has 0 fully saturated rings. The molecule has 61 heavy (non-hydrogen) atoms. The second-order valence-electron chi connectivity index (χ2n) is 16.9. The number of benzene rings is 10. The van der Waals surface area contributed by atoms with Crippen molar-refractivity contribution in [2.45, 2.75) is 19.3 Å². The van der Waals surface area contributed by atoms with Crippen LogP contribution in [0.3, 0.4) is 0 Å². The first-order valence-electron chi connectivity index (χ1n) is 21.2. The van der Waals surface area contributed by atoms with Crippen LogP contribution in [0.1, 0.15) is 25.0 Å². The standard InChI is InChI=1S/C59H41NO/c1-59(2)52-36-43(42-28-27-38-15-6-7-19-41(38)35-42)30-32-47(52)48-34-31-44(37-53(48)59)60(54-24-12-10-20-45(54)39-16-4-3-5-17-39)55-25-13-11-22-49(55)50-23-14-26-56-57(50)51-33-29-40-18-8-9-21-46(40)58(51)61-56/h3-37H,1-2H3. The van der Waals surface area contributed by atoms with E-state index in [2.05, 4.69) is 231 Å². The minimum Gasteiger partial charge on any atom is -0.455 e. The van der Waals surface area contributed by atoms with Crippen LogP contribution >= 0.6 is 0 Å². The lowest BCUT2D eigenvalue weighted by Crippen LogP contribution is -2.17. The number of nitrogens with zero attached hydrogens (tertiary/aromatic N) is 1. The Morgan fingerprint density at radius 3 is 1.82 bits per heavy atom. The molecule has 1 aliphatic carbocycles. The van der Waals surface area contributed by atoms with E-state index < -0.39 is 0 Å². The van der Waals surface area contributed by atoms with Gasteiger partial charge in [0.15, 0.2) is 0 Å². The van der Waals surface area contributed by atoms with Gasteiger partial charge in [-0.3, -0.25) is 0 Å². The number of anilines is 3. The van der Waals surface area contributed by atoms with Crippen molar-refractivity contribution < 1.29 is 4.42 Å². The van der Waals surface area contributed by atoms with Crippen LogP contribution < -0.4 is 4.90 Å². The average molecular weight is 780 g/mol. The molecule has 0 saturated heterocycles. The SMILES string of the molecule is CC1(C)c2cc(-c3ccc4ccccc4c3)ccc2-c2ccc(N(c3ccccc3-c3ccccc3)c3ccccc3-c3cccc4oc5c6ccccc6ccc5c34)cc21. The molecule has 0 saturated carbocycles. The van der Waals surface area contributed by atoms with Gasteiger partial charge in [0.25, 0.3) is 0 Å². The molecule has 0 radical (unpaired) electrons. The molecule has 10 aromatic carbocycles. The first-order chi connectivity index (χ1) is 30.0. The van der Waals surface area contributed by atoms with E-state index in [4.69, 9.17) is 4.42 Å². The third kappa shape index (κ3) is 5.56. The van der Waals surface area contributed by atoms with E-state index in [-0.39, 0.29) is 5.41 Å². The van der Waals surface area contributed by atoms with Gasteiger partial charge in [-0.1, -0.05) is 178 Å². The van der Waals surface area contributed by atoms with Crippen LogP contribution in [-0.4, -0.2) is 0 Å². The van der Waals surface area contributed by atoms with Crippen molar-refractivity contribution in [2.75, 3.05) is 4.90 Å². The van der Waals surface area contributed by atoms with E-state index in [1.807, 2.05) is 0 Å². The molecule has 0 aliphatic heterocycles. The van der Waals surface area contributed by atoms with E-state index in [1.165, 1.54) is 60.7 Å². The third-order valence-corrected chi connectivity index (χ3v) is 13.1. The fourth-order valence-electron chi connectivity index (χ4n) is 10.0. The molecule has 0 amide bonds. The maximum atomic E-state index is 6.72. The molecule has 2 nitrogen and oxygen atoms in total. The van der Waals surface area contributed by atoms with Crippen molar-refractivity contribution in [3.63, 3.8) is 0 Å². The summed E-state index contributed by atoms with van der Waals surface area (Å²) in [6.07, 6.45) is 0. The summed E-state index contributed by atoms with van der Waals surface area (Å²) in [5.74, 6) is 0. The molecular formula is C59H41NO. The summed E-state index contributed by atoms with van der Waals surface area (Å²) in [5, 5.41) is 7.06. The van der Waals surface area contributed by atoms with Crippen LogP contribution in [0.4, 0.5) is 17.1 Å². The van der Waals surface area contributed by atoms with E-state index in [0.29, 0.717) is 0 Å². The van der Waals surface area contributed by atoms with Crippen molar-refractivity contribution >= 4 is 60.5 Å². The Morgan fingerprint density at radius 1 is 0.377 bits per heavy atom. The minimum absolute atomic E-state index is 0.234. The van der Waals surface area contributed by atoms with Gasteiger partial charge in [-0.25, -0.2) is 0 Å². The predicted octanol–water partition coefficient (Wildman–Crippen LogP) is 16.7. The molecular weight excluding hydrogens is 739 g/mol. The zero-order chi connectivity index (χ0) is 40.7. The summed E-state index contributed by atoms with van der Waals surface area (Å²) in [4.78, 5) is 2.48. The summed E-state index contributed by atoms with van der Waals surface area (Å²) in [7, 11) is 0. The number of furan rings is 1. The molecule has 0 unspecified atom stereocenters. The largest absolute Gasteiger partial charge is 0.455 e.